The maximum Gasteiger partial charge on any atom is 0.246 e. The molecule has 1 atom stereocenters. The number of morpholine rings is 1. The van der Waals surface area contributed by atoms with Crippen LogP contribution >= 0.6 is 0 Å². The summed E-state index contributed by atoms with van der Waals surface area (Å²) < 4.78 is 5.61. The number of aliphatic hydroxyl groups is 1. The topological polar surface area (TPSA) is 49.8 Å². The van der Waals surface area contributed by atoms with Crippen LogP contribution in [0.25, 0.3) is 0 Å². The van der Waals surface area contributed by atoms with Gasteiger partial charge in [0.15, 0.2) is 0 Å². The minimum absolute atomic E-state index is 0.0210. The first kappa shape index (κ1) is 12.2. The molecule has 1 aliphatic heterocycles. The Hall–Kier alpha value is -0.870. The number of carbonyl (C=O) groups is 1. The molecule has 1 N–H and O–H groups in total. The molecule has 4 nitrogen and oxygen atoms in total. The van der Waals surface area contributed by atoms with Gasteiger partial charge in [0.1, 0.15) is 0 Å². The second kappa shape index (κ2) is 4.77. The summed E-state index contributed by atoms with van der Waals surface area (Å²) >= 11 is 0. The number of hydrogen-bond donors (Lipinski definition) is 1. The summed E-state index contributed by atoms with van der Waals surface area (Å²) in [4.78, 5) is 13.4. The lowest BCUT2D eigenvalue weighted by Gasteiger charge is -2.41. The van der Waals surface area contributed by atoms with Crippen molar-refractivity contribution in [2.24, 2.45) is 0 Å². The summed E-state index contributed by atoms with van der Waals surface area (Å²) in [7, 11) is 0. The molecule has 4 heteroatoms. The fourth-order valence-corrected chi connectivity index (χ4v) is 1.81. The minimum atomic E-state index is -0.386. The summed E-state index contributed by atoms with van der Waals surface area (Å²) in [5.41, 5.74) is -0.386. The molecule has 1 fully saturated rings. The maximum atomic E-state index is 11.6. The fourth-order valence-electron chi connectivity index (χ4n) is 1.81. The molecule has 0 aliphatic carbocycles. The molecule has 0 aromatic heterocycles. The van der Waals surface area contributed by atoms with Gasteiger partial charge in [-0.25, -0.2) is 0 Å². The van der Waals surface area contributed by atoms with Crippen LogP contribution in [-0.4, -0.2) is 47.3 Å². The summed E-state index contributed by atoms with van der Waals surface area (Å²) in [6.07, 6.45) is 2.98. The molecule has 1 unspecified atom stereocenters. The van der Waals surface area contributed by atoms with E-state index in [2.05, 4.69) is 0 Å². The van der Waals surface area contributed by atoms with Gasteiger partial charge in [0.2, 0.25) is 5.91 Å². The molecule has 1 amide bonds. The van der Waals surface area contributed by atoms with E-state index in [0.717, 1.165) is 0 Å². The molecular weight excluding hydrogens is 194 g/mol. The van der Waals surface area contributed by atoms with Gasteiger partial charge in [-0.15, -0.1) is 0 Å². The number of rotatable bonds is 2. The van der Waals surface area contributed by atoms with Crippen LogP contribution in [0.5, 0.6) is 0 Å². The minimum Gasteiger partial charge on any atom is -0.394 e. The van der Waals surface area contributed by atoms with Gasteiger partial charge in [0, 0.05) is 13.1 Å². The first-order valence-corrected chi connectivity index (χ1v) is 5.19. The second-order valence-corrected chi connectivity index (χ2v) is 4.40. The molecule has 0 saturated carbocycles. The van der Waals surface area contributed by atoms with Gasteiger partial charge in [0.25, 0.3) is 0 Å². The zero-order chi connectivity index (χ0) is 11.5. The third-order valence-corrected chi connectivity index (χ3v) is 2.31. The highest BCUT2D eigenvalue weighted by Gasteiger charge is 2.34. The average Bonchev–Trinajstić information content (AvgIpc) is 2.15. The highest BCUT2D eigenvalue weighted by molar-refractivity contribution is 5.87. The Kier molecular flexibility index (Phi) is 3.88. The molecular formula is C11H19NO3. The van der Waals surface area contributed by atoms with Crippen molar-refractivity contribution >= 4 is 5.91 Å². The van der Waals surface area contributed by atoms with Crippen LogP contribution in [0.3, 0.4) is 0 Å². The van der Waals surface area contributed by atoms with Crippen molar-refractivity contribution in [2.45, 2.75) is 32.5 Å². The molecule has 0 bridgehead atoms. The number of carbonyl (C=O) groups excluding carboxylic acids is 1. The van der Waals surface area contributed by atoms with Gasteiger partial charge in [-0.2, -0.15) is 0 Å². The Morgan fingerprint density at radius 1 is 1.67 bits per heavy atom. The largest absolute Gasteiger partial charge is 0.394 e. The van der Waals surface area contributed by atoms with Crippen LogP contribution in [-0.2, 0) is 9.53 Å². The molecule has 0 aromatic carbocycles. The van der Waals surface area contributed by atoms with Crippen LogP contribution in [0.4, 0.5) is 0 Å². The molecule has 1 aliphatic rings. The van der Waals surface area contributed by atoms with E-state index in [-0.39, 0.29) is 24.2 Å². The monoisotopic (exact) mass is 213 g/mol. The van der Waals surface area contributed by atoms with E-state index >= 15 is 0 Å². The van der Waals surface area contributed by atoms with Gasteiger partial charge in [-0.3, -0.25) is 4.79 Å². The molecule has 1 heterocycles. The van der Waals surface area contributed by atoms with Crippen LogP contribution in [0, 0.1) is 0 Å². The molecule has 0 spiro atoms. The van der Waals surface area contributed by atoms with Gasteiger partial charge in [-0.05, 0) is 26.8 Å². The van der Waals surface area contributed by atoms with Crippen molar-refractivity contribution in [2.75, 3.05) is 19.7 Å². The van der Waals surface area contributed by atoms with E-state index in [1.54, 1.807) is 11.0 Å². The van der Waals surface area contributed by atoms with Crippen molar-refractivity contribution in [3.05, 3.63) is 12.2 Å². The molecule has 0 aromatic rings. The normalized spacial score (nSPS) is 25.9. The van der Waals surface area contributed by atoms with E-state index in [0.29, 0.717) is 13.1 Å². The first-order chi connectivity index (χ1) is 6.98. The predicted molar refractivity (Wildman–Crippen MR) is 57.4 cm³/mol. The molecule has 1 saturated heterocycles. The number of nitrogens with zero attached hydrogens (tertiary/aromatic N) is 1. The van der Waals surface area contributed by atoms with Gasteiger partial charge in [0.05, 0.1) is 18.3 Å². The lowest BCUT2D eigenvalue weighted by Crippen LogP contribution is -2.55. The van der Waals surface area contributed by atoms with Crippen molar-refractivity contribution in [1.29, 1.82) is 0 Å². The Bertz CT molecular complexity index is 261. The third kappa shape index (κ3) is 3.32. The molecule has 86 valence electrons. The van der Waals surface area contributed by atoms with Gasteiger partial charge in [-0.1, -0.05) is 6.08 Å². The smallest absolute Gasteiger partial charge is 0.246 e. The Morgan fingerprint density at radius 3 is 2.87 bits per heavy atom. The number of amides is 1. The standard InChI is InChI=1S/C11H19NO3/c1-4-5-10(14)12-6-9(7-13)15-11(2,3)8-12/h4-5,9,13H,6-8H2,1-3H3/b5-4+. The highest BCUT2D eigenvalue weighted by atomic mass is 16.5. The van der Waals surface area contributed by atoms with E-state index in [4.69, 9.17) is 9.84 Å². The number of hydrogen-bond acceptors (Lipinski definition) is 3. The summed E-state index contributed by atoms with van der Waals surface area (Å²) in [6, 6.07) is 0. The van der Waals surface area contributed by atoms with Crippen LogP contribution in [0.2, 0.25) is 0 Å². The van der Waals surface area contributed by atoms with Crippen LogP contribution < -0.4 is 0 Å². The van der Waals surface area contributed by atoms with E-state index in [9.17, 15) is 4.79 Å². The van der Waals surface area contributed by atoms with Crippen molar-refractivity contribution in [1.82, 2.24) is 4.90 Å². The van der Waals surface area contributed by atoms with Crippen LogP contribution in [0.1, 0.15) is 20.8 Å². The van der Waals surface area contributed by atoms with E-state index in [1.807, 2.05) is 20.8 Å². The number of aliphatic hydroxyl groups excluding tert-OH is 1. The molecule has 0 radical (unpaired) electrons. The maximum absolute atomic E-state index is 11.6. The van der Waals surface area contributed by atoms with Gasteiger partial charge < -0.3 is 14.7 Å². The lowest BCUT2D eigenvalue weighted by atomic mass is 10.1. The Morgan fingerprint density at radius 2 is 2.33 bits per heavy atom. The molecule has 15 heavy (non-hydrogen) atoms. The second-order valence-electron chi connectivity index (χ2n) is 4.40. The molecule has 1 rings (SSSR count). The number of allylic oxidation sites excluding steroid dienone is 1. The van der Waals surface area contributed by atoms with Crippen molar-refractivity contribution < 1.29 is 14.6 Å². The zero-order valence-electron chi connectivity index (χ0n) is 9.56. The summed E-state index contributed by atoms with van der Waals surface area (Å²) in [5.74, 6) is -0.0210. The van der Waals surface area contributed by atoms with Crippen molar-refractivity contribution in [3.8, 4) is 0 Å². The number of ether oxygens (including phenoxy) is 1. The Balaban J connectivity index is 2.70. The third-order valence-electron chi connectivity index (χ3n) is 2.31. The van der Waals surface area contributed by atoms with E-state index in [1.165, 1.54) is 6.08 Å². The van der Waals surface area contributed by atoms with Crippen LogP contribution in [0.15, 0.2) is 12.2 Å². The zero-order valence-corrected chi connectivity index (χ0v) is 9.56. The average molecular weight is 213 g/mol. The Labute approximate surface area is 90.5 Å². The summed E-state index contributed by atoms with van der Waals surface area (Å²) in [6.45, 7) is 6.63. The van der Waals surface area contributed by atoms with Gasteiger partial charge >= 0.3 is 0 Å². The highest BCUT2D eigenvalue weighted by Crippen LogP contribution is 2.20. The van der Waals surface area contributed by atoms with Crippen molar-refractivity contribution in [3.63, 3.8) is 0 Å². The fraction of sp³-hybridized carbons (Fsp3) is 0.727. The van der Waals surface area contributed by atoms with E-state index < -0.39 is 0 Å². The lowest BCUT2D eigenvalue weighted by molar-refractivity contribution is -0.163. The SMILES string of the molecule is C/C=C/C(=O)N1CC(CO)OC(C)(C)C1. The quantitative estimate of drug-likeness (QED) is 0.682. The predicted octanol–water partition coefficient (Wildman–Crippen LogP) is 0.561. The first-order valence-electron chi connectivity index (χ1n) is 5.19. The summed E-state index contributed by atoms with van der Waals surface area (Å²) in [5, 5.41) is 9.07.